The molecular weight excluding hydrogens is 236 g/mol. The number of nitrogen functional groups attached to an aromatic ring is 1. The van der Waals surface area contributed by atoms with Crippen LogP contribution in [0.4, 0.5) is 5.69 Å². The van der Waals surface area contributed by atoms with Gasteiger partial charge in [0.2, 0.25) is 5.91 Å². The number of benzene rings is 1. The molecule has 1 saturated carbocycles. The lowest BCUT2D eigenvalue weighted by molar-refractivity contribution is -0.133. The van der Waals surface area contributed by atoms with Gasteiger partial charge in [0.1, 0.15) is 0 Å². The van der Waals surface area contributed by atoms with Crippen molar-refractivity contribution < 1.29 is 4.79 Å². The maximum atomic E-state index is 12.5. The van der Waals surface area contributed by atoms with Gasteiger partial charge >= 0.3 is 0 Å². The lowest BCUT2D eigenvalue weighted by atomic mass is 10.0. The van der Waals surface area contributed by atoms with Crippen LogP contribution in [0.2, 0.25) is 0 Å². The maximum Gasteiger partial charge on any atom is 0.226 e. The zero-order valence-corrected chi connectivity index (χ0v) is 12.5. The highest BCUT2D eigenvalue weighted by Crippen LogP contribution is 2.68. The van der Waals surface area contributed by atoms with Crippen LogP contribution in [0.25, 0.3) is 0 Å². The molecule has 0 spiro atoms. The van der Waals surface area contributed by atoms with Crippen molar-refractivity contribution in [3.8, 4) is 0 Å². The molecule has 0 heterocycles. The molecule has 3 nitrogen and oxygen atoms in total. The van der Waals surface area contributed by atoms with Gasteiger partial charge in [-0.05, 0) is 28.5 Å². The first-order valence-electron chi connectivity index (χ1n) is 6.77. The van der Waals surface area contributed by atoms with Gasteiger partial charge in [-0.15, -0.1) is 0 Å². The Kier molecular flexibility index (Phi) is 3.12. The number of carbonyl (C=O) groups is 1. The molecule has 3 heteroatoms. The standard InChI is InChI=1S/C16H24N2O/c1-15(2)13(16(15,3)4)14(19)18(5)10-11-7-6-8-12(17)9-11/h6-9,13H,10,17H2,1-5H3. The van der Waals surface area contributed by atoms with E-state index in [9.17, 15) is 4.79 Å². The van der Waals surface area contributed by atoms with Crippen molar-refractivity contribution >= 4 is 11.6 Å². The molecule has 0 aliphatic heterocycles. The van der Waals surface area contributed by atoms with Gasteiger partial charge in [0, 0.05) is 25.2 Å². The van der Waals surface area contributed by atoms with Crippen LogP contribution < -0.4 is 5.73 Å². The minimum atomic E-state index is 0.0913. The summed E-state index contributed by atoms with van der Waals surface area (Å²) >= 11 is 0. The second-order valence-electron chi connectivity index (χ2n) is 6.82. The topological polar surface area (TPSA) is 46.3 Å². The molecule has 0 atom stereocenters. The SMILES string of the molecule is CN(Cc1cccc(N)c1)C(=O)C1C(C)(C)C1(C)C. The summed E-state index contributed by atoms with van der Waals surface area (Å²) < 4.78 is 0. The van der Waals surface area contributed by atoms with Crippen molar-refractivity contribution in [2.75, 3.05) is 12.8 Å². The number of carbonyl (C=O) groups excluding carboxylic acids is 1. The average molecular weight is 260 g/mol. The fourth-order valence-electron chi connectivity index (χ4n) is 3.08. The van der Waals surface area contributed by atoms with Gasteiger partial charge in [-0.2, -0.15) is 0 Å². The van der Waals surface area contributed by atoms with Crippen LogP contribution in [-0.2, 0) is 11.3 Å². The molecule has 1 amide bonds. The largest absolute Gasteiger partial charge is 0.399 e. The molecule has 104 valence electrons. The molecule has 1 aromatic rings. The van der Waals surface area contributed by atoms with Crippen molar-refractivity contribution in [2.45, 2.75) is 34.2 Å². The normalized spacial score (nSPS) is 20.1. The van der Waals surface area contributed by atoms with Crippen molar-refractivity contribution in [3.05, 3.63) is 29.8 Å². The molecule has 1 aromatic carbocycles. The minimum Gasteiger partial charge on any atom is -0.399 e. The number of nitrogens with zero attached hydrogens (tertiary/aromatic N) is 1. The fraction of sp³-hybridized carbons (Fsp3) is 0.562. The van der Waals surface area contributed by atoms with Crippen LogP contribution >= 0.6 is 0 Å². The first-order valence-corrected chi connectivity index (χ1v) is 6.77. The Morgan fingerprint density at radius 1 is 1.26 bits per heavy atom. The van der Waals surface area contributed by atoms with E-state index in [-0.39, 0.29) is 22.7 Å². The van der Waals surface area contributed by atoms with Gasteiger partial charge in [0.05, 0.1) is 0 Å². The summed E-state index contributed by atoms with van der Waals surface area (Å²) in [7, 11) is 1.87. The molecule has 19 heavy (non-hydrogen) atoms. The Morgan fingerprint density at radius 2 is 1.84 bits per heavy atom. The highest BCUT2D eigenvalue weighted by atomic mass is 16.2. The Bertz CT molecular complexity index is 491. The number of amides is 1. The summed E-state index contributed by atoms with van der Waals surface area (Å²) in [6.45, 7) is 9.30. The van der Waals surface area contributed by atoms with Gasteiger partial charge < -0.3 is 10.6 Å². The van der Waals surface area contributed by atoms with Crippen molar-refractivity contribution in [2.24, 2.45) is 16.7 Å². The monoisotopic (exact) mass is 260 g/mol. The predicted molar refractivity (Wildman–Crippen MR) is 78.4 cm³/mol. The second-order valence-corrected chi connectivity index (χ2v) is 6.82. The van der Waals surface area contributed by atoms with Crippen molar-refractivity contribution in [1.29, 1.82) is 0 Å². The molecule has 0 unspecified atom stereocenters. The summed E-state index contributed by atoms with van der Waals surface area (Å²) in [6.07, 6.45) is 0. The third kappa shape index (κ3) is 2.22. The van der Waals surface area contributed by atoms with Crippen molar-refractivity contribution in [1.82, 2.24) is 4.90 Å². The first kappa shape index (κ1) is 13.9. The van der Waals surface area contributed by atoms with Crippen LogP contribution in [0, 0.1) is 16.7 Å². The highest BCUT2D eigenvalue weighted by molar-refractivity contribution is 5.84. The van der Waals surface area contributed by atoms with Crippen LogP contribution in [0.3, 0.4) is 0 Å². The van der Waals surface area contributed by atoms with Crippen LogP contribution in [0.5, 0.6) is 0 Å². The van der Waals surface area contributed by atoms with E-state index in [1.807, 2.05) is 36.2 Å². The predicted octanol–water partition coefficient (Wildman–Crippen LogP) is 2.91. The number of nitrogens with two attached hydrogens (primary N) is 1. The van der Waals surface area contributed by atoms with E-state index >= 15 is 0 Å². The lowest BCUT2D eigenvalue weighted by Gasteiger charge is -2.18. The smallest absolute Gasteiger partial charge is 0.226 e. The van der Waals surface area contributed by atoms with Crippen LogP contribution in [0.15, 0.2) is 24.3 Å². The number of anilines is 1. The third-order valence-corrected chi connectivity index (χ3v) is 5.01. The summed E-state index contributed by atoms with van der Waals surface area (Å²) in [4.78, 5) is 14.3. The molecule has 1 aliphatic carbocycles. The molecule has 0 aromatic heterocycles. The first-order chi connectivity index (χ1) is 8.68. The zero-order valence-electron chi connectivity index (χ0n) is 12.5. The number of rotatable bonds is 3. The zero-order chi connectivity index (χ0) is 14.4. The van der Waals surface area contributed by atoms with Crippen LogP contribution in [-0.4, -0.2) is 17.9 Å². The van der Waals surface area contributed by atoms with E-state index in [2.05, 4.69) is 27.7 Å². The summed E-state index contributed by atoms with van der Waals surface area (Å²) in [5, 5.41) is 0. The fourth-order valence-corrected chi connectivity index (χ4v) is 3.08. The lowest BCUT2D eigenvalue weighted by Crippen LogP contribution is -2.29. The van der Waals surface area contributed by atoms with E-state index in [0.717, 1.165) is 11.3 Å². The summed E-state index contributed by atoms with van der Waals surface area (Å²) in [5.41, 5.74) is 7.77. The van der Waals surface area contributed by atoms with Gasteiger partial charge in [-0.3, -0.25) is 4.79 Å². The molecule has 2 N–H and O–H groups in total. The van der Waals surface area contributed by atoms with Gasteiger partial charge in [-0.25, -0.2) is 0 Å². The highest BCUT2D eigenvalue weighted by Gasteiger charge is 2.68. The Morgan fingerprint density at radius 3 is 2.32 bits per heavy atom. The van der Waals surface area contributed by atoms with E-state index in [1.54, 1.807) is 0 Å². The minimum absolute atomic E-state index is 0.0913. The van der Waals surface area contributed by atoms with Gasteiger partial charge in [0.15, 0.2) is 0 Å². The number of hydrogen-bond donors (Lipinski definition) is 1. The van der Waals surface area contributed by atoms with Crippen LogP contribution in [0.1, 0.15) is 33.3 Å². The molecule has 1 fully saturated rings. The molecule has 0 radical (unpaired) electrons. The third-order valence-electron chi connectivity index (χ3n) is 5.01. The number of hydrogen-bond acceptors (Lipinski definition) is 2. The van der Waals surface area contributed by atoms with Gasteiger partial charge in [0.25, 0.3) is 0 Å². The van der Waals surface area contributed by atoms with Gasteiger partial charge in [-0.1, -0.05) is 39.8 Å². The van der Waals surface area contributed by atoms with E-state index in [4.69, 9.17) is 5.73 Å². The quantitative estimate of drug-likeness (QED) is 0.849. The summed E-state index contributed by atoms with van der Waals surface area (Å²) in [6, 6.07) is 7.71. The Hall–Kier alpha value is -1.51. The summed E-state index contributed by atoms with van der Waals surface area (Å²) in [5.74, 6) is 0.350. The Balaban J connectivity index is 2.06. The Labute approximate surface area is 115 Å². The van der Waals surface area contributed by atoms with E-state index < -0.39 is 0 Å². The molecular formula is C16H24N2O. The van der Waals surface area contributed by atoms with E-state index in [0.29, 0.717) is 6.54 Å². The average Bonchev–Trinajstić information content (AvgIpc) is 2.68. The molecule has 2 rings (SSSR count). The molecule has 1 aliphatic rings. The maximum absolute atomic E-state index is 12.5. The second kappa shape index (κ2) is 4.26. The van der Waals surface area contributed by atoms with E-state index in [1.165, 1.54) is 0 Å². The molecule has 0 bridgehead atoms. The van der Waals surface area contributed by atoms with Crippen molar-refractivity contribution in [3.63, 3.8) is 0 Å². The molecule has 0 saturated heterocycles.